The SMILES string of the molecule is COc1ccc(CCNC(N)=NCCc2cn3cccc(C)c3n2)cc1OC.I. The number of ether oxygens (including phenoxy) is 2. The first kappa shape index (κ1) is 22.8. The maximum atomic E-state index is 5.97. The second-order valence-electron chi connectivity index (χ2n) is 6.54. The molecule has 7 nitrogen and oxygen atoms in total. The number of guanidine groups is 1. The number of imidazole rings is 1. The minimum Gasteiger partial charge on any atom is -0.493 e. The van der Waals surface area contributed by atoms with Gasteiger partial charge in [-0.25, -0.2) is 4.98 Å². The van der Waals surface area contributed by atoms with Gasteiger partial charge in [0.2, 0.25) is 0 Å². The molecule has 0 amide bonds. The number of hydrogen-bond acceptors (Lipinski definition) is 4. The molecule has 0 aliphatic heterocycles. The van der Waals surface area contributed by atoms with Crippen molar-refractivity contribution in [2.75, 3.05) is 27.3 Å². The van der Waals surface area contributed by atoms with Crippen molar-refractivity contribution >= 4 is 35.6 Å². The van der Waals surface area contributed by atoms with Crippen LogP contribution in [0.15, 0.2) is 47.7 Å². The van der Waals surface area contributed by atoms with Gasteiger partial charge in [0.1, 0.15) is 5.65 Å². The number of hydrogen-bond donors (Lipinski definition) is 2. The largest absolute Gasteiger partial charge is 0.493 e. The van der Waals surface area contributed by atoms with Crippen molar-refractivity contribution in [3.05, 3.63) is 59.5 Å². The van der Waals surface area contributed by atoms with E-state index >= 15 is 0 Å². The number of aromatic nitrogens is 2. The molecule has 29 heavy (non-hydrogen) atoms. The van der Waals surface area contributed by atoms with Crippen LogP contribution in [0, 0.1) is 6.92 Å². The summed E-state index contributed by atoms with van der Waals surface area (Å²) in [6.45, 7) is 3.35. The topological polar surface area (TPSA) is 86.2 Å². The van der Waals surface area contributed by atoms with Crippen molar-refractivity contribution in [3.63, 3.8) is 0 Å². The van der Waals surface area contributed by atoms with Crippen LogP contribution in [0.3, 0.4) is 0 Å². The van der Waals surface area contributed by atoms with Crippen LogP contribution in [-0.2, 0) is 12.8 Å². The first-order chi connectivity index (χ1) is 13.6. The maximum Gasteiger partial charge on any atom is 0.188 e. The molecule has 3 aromatic rings. The summed E-state index contributed by atoms with van der Waals surface area (Å²) in [4.78, 5) is 9.05. The van der Waals surface area contributed by atoms with Gasteiger partial charge in [0.15, 0.2) is 17.5 Å². The fourth-order valence-corrected chi connectivity index (χ4v) is 3.04. The Morgan fingerprint density at radius 2 is 1.97 bits per heavy atom. The average molecular weight is 509 g/mol. The summed E-state index contributed by atoms with van der Waals surface area (Å²) < 4.78 is 12.6. The molecule has 1 aromatic carbocycles. The molecule has 0 spiro atoms. The number of rotatable bonds is 8. The lowest BCUT2D eigenvalue weighted by atomic mass is 10.1. The molecule has 0 aliphatic rings. The first-order valence-corrected chi connectivity index (χ1v) is 9.28. The second kappa shape index (κ2) is 10.9. The molecular formula is C21H28IN5O2. The predicted octanol–water partition coefficient (Wildman–Crippen LogP) is 2.97. The molecule has 0 bridgehead atoms. The van der Waals surface area contributed by atoms with Crippen molar-refractivity contribution in [1.29, 1.82) is 0 Å². The summed E-state index contributed by atoms with van der Waals surface area (Å²) in [5.41, 5.74) is 10.3. The highest BCUT2D eigenvalue weighted by atomic mass is 127. The molecule has 0 saturated heterocycles. The highest BCUT2D eigenvalue weighted by Crippen LogP contribution is 2.27. The molecule has 0 atom stereocenters. The van der Waals surface area contributed by atoms with Crippen LogP contribution >= 0.6 is 24.0 Å². The van der Waals surface area contributed by atoms with E-state index in [1.807, 2.05) is 41.1 Å². The Hall–Kier alpha value is -2.49. The molecule has 0 radical (unpaired) electrons. The fraction of sp³-hybridized carbons (Fsp3) is 0.333. The fourth-order valence-electron chi connectivity index (χ4n) is 3.04. The van der Waals surface area contributed by atoms with Gasteiger partial charge in [-0.1, -0.05) is 12.1 Å². The van der Waals surface area contributed by atoms with E-state index in [9.17, 15) is 0 Å². The Bertz CT molecular complexity index is 971. The summed E-state index contributed by atoms with van der Waals surface area (Å²) in [5.74, 6) is 1.90. The van der Waals surface area contributed by atoms with Gasteiger partial charge in [0.05, 0.1) is 19.9 Å². The van der Waals surface area contributed by atoms with Gasteiger partial charge in [0.25, 0.3) is 0 Å². The minimum atomic E-state index is 0. The molecule has 0 saturated carbocycles. The van der Waals surface area contributed by atoms with Gasteiger partial charge in [-0.2, -0.15) is 0 Å². The molecule has 8 heteroatoms. The van der Waals surface area contributed by atoms with Crippen LogP contribution in [-0.4, -0.2) is 42.7 Å². The zero-order valence-electron chi connectivity index (χ0n) is 17.0. The van der Waals surface area contributed by atoms with Gasteiger partial charge in [-0.15, -0.1) is 24.0 Å². The van der Waals surface area contributed by atoms with E-state index in [0.717, 1.165) is 46.8 Å². The smallest absolute Gasteiger partial charge is 0.188 e. The number of pyridine rings is 1. The summed E-state index contributed by atoms with van der Waals surface area (Å²) in [6, 6.07) is 9.97. The number of benzene rings is 1. The Labute approximate surface area is 188 Å². The molecule has 2 heterocycles. The van der Waals surface area contributed by atoms with Crippen LogP contribution in [0.4, 0.5) is 0 Å². The lowest BCUT2D eigenvalue weighted by Gasteiger charge is -2.10. The number of aryl methyl sites for hydroxylation is 1. The van der Waals surface area contributed by atoms with Crippen LogP contribution in [0.1, 0.15) is 16.8 Å². The Morgan fingerprint density at radius 1 is 1.17 bits per heavy atom. The van der Waals surface area contributed by atoms with E-state index in [-0.39, 0.29) is 24.0 Å². The lowest BCUT2D eigenvalue weighted by Crippen LogP contribution is -2.33. The van der Waals surface area contributed by atoms with E-state index in [4.69, 9.17) is 15.2 Å². The normalized spacial score (nSPS) is 11.2. The van der Waals surface area contributed by atoms with Gasteiger partial charge >= 0.3 is 0 Å². The maximum absolute atomic E-state index is 5.97. The number of halogens is 1. The summed E-state index contributed by atoms with van der Waals surface area (Å²) in [5, 5.41) is 3.15. The monoisotopic (exact) mass is 509 g/mol. The molecule has 2 aromatic heterocycles. The van der Waals surface area contributed by atoms with Crippen molar-refractivity contribution in [1.82, 2.24) is 14.7 Å². The third-order valence-electron chi connectivity index (χ3n) is 4.55. The quantitative estimate of drug-likeness (QED) is 0.277. The Balaban J connectivity index is 0.00000300. The Kier molecular flexibility index (Phi) is 8.56. The number of methoxy groups -OCH3 is 2. The first-order valence-electron chi connectivity index (χ1n) is 9.28. The lowest BCUT2D eigenvalue weighted by molar-refractivity contribution is 0.354. The number of nitrogens with zero attached hydrogens (tertiary/aromatic N) is 3. The third kappa shape index (κ3) is 5.99. The number of nitrogens with two attached hydrogens (primary N) is 1. The highest BCUT2D eigenvalue weighted by Gasteiger charge is 2.05. The average Bonchev–Trinajstić information content (AvgIpc) is 3.12. The van der Waals surface area contributed by atoms with E-state index in [0.29, 0.717) is 19.0 Å². The van der Waals surface area contributed by atoms with Gasteiger partial charge in [-0.05, 0) is 42.7 Å². The van der Waals surface area contributed by atoms with Crippen LogP contribution in [0.2, 0.25) is 0 Å². The van der Waals surface area contributed by atoms with Crippen molar-refractivity contribution in [2.24, 2.45) is 10.7 Å². The summed E-state index contributed by atoms with van der Waals surface area (Å²) >= 11 is 0. The van der Waals surface area contributed by atoms with Crippen molar-refractivity contribution in [2.45, 2.75) is 19.8 Å². The van der Waals surface area contributed by atoms with Crippen LogP contribution in [0.5, 0.6) is 11.5 Å². The van der Waals surface area contributed by atoms with Gasteiger partial charge in [0, 0.05) is 31.9 Å². The molecule has 0 fully saturated rings. The molecular weight excluding hydrogens is 481 g/mol. The standard InChI is InChI=1S/C21H27N5O2.HI/c1-15-5-4-12-26-14-17(25-20(15)26)9-11-24-21(22)23-10-8-16-6-7-18(27-2)19(13-16)28-3;/h4-7,12-14H,8-11H2,1-3H3,(H3,22,23,24);1H. The van der Waals surface area contributed by atoms with Crippen molar-refractivity contribution in [3.8, 4) is 11.5 Å². The number of aliphatic imine (C=N–C) groups is 1. The third-order valence-corrected chi connectivity index (χ3v) is 4.55. The molecule has 156 valence electrons. The second-order valence-corrected chi connectivity index (χ2v) is 6.54. The molecule has 0 aliphatic carbocycles. The van der Waals surface area contributed by atoms with E-state index in [2.05, 4.69) is 28.3 Å². The van der Waals surface area contributed by atoms with Crippen LogP contribution in [0.25, 0.3) is 5.65 Å². The molecule has 3 rings (SSSR count). The van der Waals surface area contributed by atoms with E-state index in [1.165, 1.54) is 0 Å². The summed E-state index contributed by atoms with van der Waals surface area (Å²) in [6.07, 6.45) is 5.60. The van der Waals surface area contributed by atoms with Gasteiger partial charge in [-0.3, -0.25) is 4.99 Å². The van der Waals surface area contributed by atoms with E-state index < -0.39 is 0 Å². The summed E-state index contributed by atoms with van der Waals surface area (Å²) in [7, 11) is 3.26. The van der Waals surface area contributed by atoms with Gasteiger partial charge < -0.3 is 24.9 Å². The van der Waals surface area contributed by atoms with Crippen molar-refractivity contribution < 1.29 is 9.47 Å². The molecule has 3 N–H and O–H groups in total. The van der Waals surface area contributed by atoms with Crippen LogP contribution < -0.4 is 20.5 Å². The van der Waals surface area contributed by atoms with E-state index in [1.54, 1.807) is 14.2 Å². The zero-order chi connectivity index (χ0) is 19.9. The highest BCUT2D eigenvalue weighted by molar-refractivity contribution is 14.0. The Morgan fingerprint density at radius 3 is 2.69 bits per heavy atom. The number of fused-ring (bicyclic) bond motifs is 1. The predicted molar refractivity (Wildman–Crippen MR) is 127 cm³/mol. The number of nitrogens with one attached hydrogen (secondary N) is 1. The molecule has 0 unspecified atom stereocenters. The zero-order valence-corrected chi connectivity index (χ0v) is 19.3. The minimum absolute atomic E-state index is 0.